The first-order chi connectivity index (χ1) is 9.69. The number of likely N-dealkylation sites (N-methyl/N-ethyl adjacent to an activating group) is 1. The molecule has 2 atom stereocenters. The molecule has 0 saturated carbocycles. The second-order valence-electron chi connectivity index (χ2n) is 5.36. The van der Waals surface area contributed by atoms with Crippen LogP contribution in [0.2, 0.25) is 0 Å². The van der Waals surface area contributed by atoms with Gasteiger partial charge in [0.15, 0.2) is 0 Å². The third-order valence-electron chi connectivity index (χ3n) is 3.43. The predicted molar refractivity (Wildman–Crippen MR) is 70.4 cm³/mol. The normalized spacial score (nSPS) is 23.0. The van der Waals surface area contributed by atoms with E-state index in [4.69, 9.17) is 0 Å². The number of alkyl halides is 3. The van der Waals surface area contributed by atoms with E-state index in [0.29, 0.717) is 5.56 Å². The summed E-state index contributed by atoms with van der Waals surface area (Å²) in [4.78, 5) is 13.6. The number of benzene rings is 1. The van der Waals surface area contributed by atoms with Gasteiger partial charge < -0.3 is 9.64 Å². The Balaban J connectivity index is 2.14. The van der Waals surface area contributed by atoms with Gasteiger partial charge in [-0.1, -0.05) is 26.0 Å². The molecule has 1 aromatic rings. The summed E-state index contributed by atoms with van der Waals surface area (Å²) in [6.45, 7) is 3.87. The fraction of sp³-hybridized carbons (Fsp3) is 0.500. The van der Waals surface area contributed by atoms with E-state index in [1.165, 1.54) is 24.3 Å². The summed E-state index contributed by atoms with van der Waals surface area (Å²) >= 11 is 0. The average Bonchev–Trinajstić information content (AvgIpc) is 2.66. The Hall–Kier alpha value is -1.76. The van der Waals surface area contributed by atoms with E-state index in [1.807, 2.05) is 13.8 Å². The number of amides is 1. The fourth-order valence-corrected chi connectivity index (χ4v) is 2.35. The van der Waals surface area contributed by atoms with Crippen molar-refractivity contribution in [3.05, 3.63) is 29.8 Å². The number of nitrogens with zero attached hydrogens (tertiary/aromatic N) is 1. The van der Waals surface area contributed by atoms with Crippen LogP contribution in [0.4, 0.5) is 13.2 Å². The van der Waals surface area contributed by atoms with Crippen molar-refractivity contribution >= 4 is 5.91 Å². The number of ether oxygens (including phenoxy) is 1. The summed E-state index contributed by atoms with van der Waals surface area (Å²) in [5.74, 6) is -0.165. The van der Waals surface area contributed by atoms with Crippen molar-refractivity contribution in [2.24, 2.45) is 5.92 Å². The Morgan fingerprint density at radius 2 is 1.81 bits per heavy atom. The van der Waals surface area contributed by atoms with Crippen LogP contribution < -0.4 is 10.1 Å². The molecule has 1 aliphatic heterocycles. The molecule has 1 aliphatic rings. The maximum atomic E-state index is 12.1. The van der Waals surface area contributed by atoms with Gasteiger partial charge in [0.05, 0.1) is 6.04 Å². The zero-order chi connectivity index (χ0) is 15.8. The molecule has 4 nitrogen and oxygen atoms in total. The minimum absolute atomic E-state index is 0.0226. The van der Waals surface area contributed by atoms with Crippen molar-refractivity contribution in [2.75, 3.05) is 7.05 Å². The van der Waals surface area contributed by atoms with Gasteiger partial charge in [-0.2, -0.15) is 0 Å². The molecular formula is C14H17F3N2O2. The van der Waals surface area contributed by atoms with Crippen LogP contribution in [0.1, 0.15) is 25.6 Å². The van der Waals surface area contributed by atoms with E-state index in [1.54, 1.807) is 11.9 Å². The van der Waals surface area contributed by atoms with Gasteiger partial charge in [0.2, 0.25) is 5.91 Å². The zero-order valence-corrected chi connectivity index (χ0v) is 11.9. The van der Waals surface area contributed by atoms with Crippen LogP contribution in [0.25, 0.3) is 0 Å². The minimum atomic E-state index is -4.71. The highest BCUT2D eigenvalue weighted by atomic mass is 19.4. The topological polar surface area (TPSA) is 41.6 Å². The minimum Gasteiger partial charge on any atom is -0.406 e. The molecule has 1 fully saturated rings. The number of rotatable bonds is 3. The van der Waals surface area contributed by atoms with E-state index in [9.17, 15) is 18.0 Å². The molecule has 2 rings (SSSR count). The Morgan fingerprint density at radius 3 is 2.24 bits per heavy atom. The van der Waals surface area contributed by atoms with Crippen molar-refractivity contribution in [1.82, 2.24) is 10.2 Å². The standard InChI is InChI=1S/C14H17F3N2O2/c1-8(2)11-13(20)19(3)12(18-11)9-4-6-10(7-5-9)21-14(15,16)17/h4-8,11-12,18H,1-3H3. The van der Waals surface area contributed by atoms with Crippen LogP contribution in [0.15, 0.2) is 24.3 Å². The van der Waals surface area contributed by atoms with Gasteiger partial charge in [-0.25, -0.2) is 0 Å². The second kappa shape index (κ2) is 5.55. The summed E-state index contributed by atoms with van der Waals surface area (Å²) < 4.78 is 40.2. The molecule has 0 spiro atoms. The number of nitrogens with one attached hydrogen (secondary N) is 1. The molecule has 1 amide bonds. The van der Waals surface area contributed by atoms with Crippen molar-refractivity contribution in [3.8, 4) is 5.75 Å². The SMILES string of the molecule is CC(C)C1NC(c2ccc(OC(F)(F)F)cc2)N(C)C1=O. The van der Waals surface area contributed by atoms with Crippen molar-refractivity contribution in [1.29, 1.82) is 0 Å². The van der Waals surface area contributed by atoms with Crippen LogP contribution in [-0.2, 0) is 4.79 Å². The van der Waals surface area contributed by atoms with Gasteiger partial charge in [-0.15, -0.1) is 13.2 Å². The number of carbonyl (C=O) groups excluding carboxylic acids is 1. The molecule has 0 aliphatic carbocycles. The molecule has 0 bridgehead atoms. The zero-order valence-electron chi connectivity index (χ0n) is 11.9. The Bertz CT molecular complexity index is 514. The van der Waals surface area contributed by atoms with Gasteiger partial charge in [-0.3, -0.25) is 10.1 Å². The van der Waals surface area contributed by atoms with Crippen LogP contribution in [0, 0.1) is 5.92 Å². The van der Waals surface area contributed by atoms with E-state index < -0.39 is 6.36 Å². The molecule has 21 heavy (non-hydrogen) atoms. The largest absolute Gasteiger partial charge is 0.573 e. The average molecular weight is 302 g/mol. The van der Waals surface area contributed by atoms with Gasteiger partial charge >= 0.3 is 6.36 Å². The first-order valence-corrected chi connectivity index (χ1v) is 6.57. The highest BCUT2D eigenvalue weighted by Crippen LogP contribution is 2.29. The third-order valence-corrected chi connectivity index (χ3v) is 3.43. The van der Waals surface area contributed by atoms with E-state index >= 15 is 0 Å². The summed E-state index contributed by atoms with van der Waals surface area (Å²) in [6.07, 6.45) is -5.05. The molecule has 116 valence electrons. The third kappa shape index (κ3) is 3.47. The molecule has 0 aromatic heterocycles. The van der Waals surface area contributed by atoms with Crippen molar-refractivity contribution < 1.29 is 22.7 Å². The number of hydrogen-bond donors (Lipinski definition) is 1. The molecule has 1 aromatic carbocycles. The van der Waals surface area contributed by atoms with Crippen molar-refractivity contribution in [2.45, 2.75) is 32.4 Å². The number of carbonyl (C=O) groups is 1. The summed E-state index contributed by atoms with van der Waals surface area (Å²) in [5.41, 5.74) is 0.712. The predicted octanol–water partition coefficient (Wildman–Crippen LogP) is 2.67. The van der Waals surface area contributed by atoms with Gasteiger partial charge in [0, 0.05) is 7.05 Å². The highest BCUT2D eigenvalue weighted by molar-refractivity contribution is 5.84. The lowest BCUT2D eigenvalue weighted by molar-refractivity contribution is -0.274. The highest BCUT2D eigenvalue weighted by Gasteiger charge is 2.38. The Morgan fingerprint density at radius 1 is 1.24 bits per heavy atom. The molecule has 1 saturated heterocycles. The molecule has 2 unspecified atom stereocenters. The maximum Gasteiger partial charge on any atom is 0.573 e. The molecular weight excluding hydrogens is 285 g/mol. The lowest BCUT2D eigenvalue weighted by atomic mass is 10.1. The van der Waals surface area contributed by atoms with Gasteiger partial charge in [0.25, 0.3) is 0 Å². The maximum absolute atomic E-state index is 12.1. The lowest BCUT2D eigenvalue weighted by Crippen LogP contribution is -2.33. The van der Waals surface area contributed by atoms with E-state index in [-0.39, 0.29) is 29.8 Å². The summed E-state index contributed by atoms with van der Waals surface area (Å²) in [6, 6.07) is 5.24. The molecule has 7 heteroatoms. The van der Waals surface area contributed by atoms with Gasteiger partial charge in [-0.05, 0) is 23.6 Å². The summed E-state index contributed by atoms with van der Waals surface area (Å²) in [7, 11) is 1.67. The Kier molecular flexibility index (Phi) is 4.13. The first-order valence-electron chi connectivity index (χ1n) is 6.57. The van der Waals surface area contributed by atoms with Crippen LogP contribution in [0.3, 0.4) is 0 Å². The van der Waals surface area contributed by atoms with Crippen LogP contribution in [0.5, 0.6) is 5.75 Å². The first kappa shape index (κ1) is 15.6. The summed E-state index contributed by atoms with van der Waals surface area (Å²) in [5, 5.41) is 3.19. The monoisotopic (exact) mass is 302 g/mol. The lowest BCUT2D eigenvalue weighted by Gasteiger charge is -2.20. The van der Waals surface area contributed by atoms with Crippen molar-refractivity contribution in [3.63, 3.8) is 0 Å². The van der Waals surface area contributed by atoms with Crippen LogP contribution in [-0.4, -0.2) is 30.3 Å². The molecule has 0 radical (unpaired) electrons. The smallest absolute Gasteiger partial charge is 0.406 e. The second-order valence-corrected chi connectivity index (χ2v) is 5.36. The van der Waals surface area contributed by atoms with Crippen LogP contribution >= 0.6 is 0 Å². The fourth-order valence-electron chi connectivity index (χ4n) is 2.35. The van der Waals surface area contributed by atoms with E-state index in [0.717, 1.165) is 0 Å². The number of hydrogen-bond acceptors (Lipinski definition) is 3. The Labute approximate surface area is 120 Å². The molecule has 1 heterocycles. The number of halogens is 3. The molecule has 1 N–H and O–H groups in total. The van der Waals surface area contributed by atoms with Gasteiger partial charge in [0.1, 0.15) is 11.9 Å². The van der Waals surface area contributed by atoms with E-state index in [2.05, 4.69) is 10.1 Å². The quantitative estimate of drug-likeness (QED) is 0.933.